The fourth-order valence-corrected chi connectivity index (χ4v) is 2.24. The van der Waals surface area contributed by atoms with Gasteiger partial charge in [-0.15, -0.1) is 0 Å². The Morgan fingerprint density at radius 3 is 2.32 bits per heavy atom. The largest absolute Gasteiger partial charge is 0.492 e. The summed E-state index contributed by atoms with van der Waals surface area (Å²) in [6.07, 6.45) is 0. The summed E-state index contributed by atoms with van der Waals surface area (Å²) in [6.45, 7) is 5.45. The number of amides is 1. The molecule has 0 spiro atoms. The molecule has 4 nitrogen and oxygen atoms in total. The molecular weight excluding hydrogens is 276 g/mol. The van der Waals surface area contributed by atoms with E-state index in [1.807, 2.05) is 38.1 Å². The van der Waals surface area contributed by atoms with Crippen molar-refractivity contribution in [2.45, 2.75) is 20.4 Å². The van der Waals surface area contributed by atoms with Crippen LogP contribution < -0.4 is 15.8 Å². The van der Waals surface area contributed by atoms with Crippen LogP contribution in [0.2, 0.25) is 0 Å². The first-order valence-corrected chi connectivity index (χ1v) is 7.37. The van der Waals surface area contributed by atoms with Gasteiger partial charge in [-0.2, -0.15) is 0 Å². The standard InChI is InChI=1S/C18H22N2O2/c1-13-9-14(2)11-17(10-13)22-8-7-20-18(21)16-5-3-15(12-19)4-6-16/h3-6,9-11H,7-8,12,19H2,1-2H3,(H,20,21). The minimum atomic E-state index is -0.104. The van der Waals surface area contributed by atoms with Crippen LogP contribution >= 0.6 is 0 Å². The van der Waals surface area contributed by atoms with E-state index in [9.17, 15) is 4.79 Å². The number of hydrogen-bond acceptors (Lipinski definition) is 3. The summed E-state index contributed by atoms with van der Waals surface area (Å²) < 4.78 is 5.66. The number of carbonyl (C=O) groups is 1. The lowest BCUT2D eigenvalue weighted by Crippen LogP contribution is -2.28. The molecular formula is C18H22N2O2. The summed E-state index contributed by atoms with van der Waals surface area (Å²) >= 11 is 0. The van der Waals surface area contributed by atoms with Gasteiger partial charge in [0.25, 0.3) is 5.91 Å². The minimum Gasteiger partial charge on any atom is -0.492 e. The first kappa shape index (κ1) is 16.0. The first-order valence-electron chi connectivity index (χ1n) is 7.37. The summed E-state index contributed by atoms with van der Waals surface area (Å²) in [5.74, 6) is 0.728. The van der Waals surface area contributed by atoms with E-state index >= 15 is 0 Å². The maximum absolute atomic E-state index is 12.0. The Labute approximate surface area is 131 Å². The number of ether oxygens (including phenoxy) is 1. The SMILES string of the molecule is Cc1cc(C)cc(OCCNC(=O)c2ccc(CN)cc2)c1. The van der Waals surface area contributed by atoms with E-state index in [2.05, 4.69) is 11.4 Å². The number of nitrogens with two attached hydrogens (primary N) is 1. The number of hydrogen-bond donors (Lipinski definition) is 2. The van der Waals surface area contributed by atoms with Gasteiger partial charge in [0.1, 0.15) is 12.4 Å². The molecule has 2 aromatic rings. The molecule has 0 aliphatic heterocycles. The third-order valence-corrected chi connectivity index (χ3v) is 3.30. The molecule has 0 radical (unpaired) electrons. The molecule has 0 saturated carbocycles. The molecule has 0 fully saturated rings. The van der Waals surface area contributed by atoms with Crippen LogP contribution in [-0.4, -0.2) is 19.1 Å². The van der Waals surface area contributed by atoms with Gasteiger partial charge < -0.3 is 15.8 Å². The lowest BCUT2D eigenvalue weighted by molar-refractivity contribution is 0.0947. The quantitative estimate of drug-likeness (QED) is 0.806. The van der Waals surface area contributed by atoms with Gasteiger partial charge in [-0.05, 0) is 54.8 Å². The van der Waals surface area contributed by atoms with E-state index in [4.69, 9.17) is 10.5 Å². The lowest BCUT2D eigenvalue weighted by Gasteiger charge is -2.09. The Morgan fingerprint density at radius 2 is 1.73 bits per heavy atom. The van der Waals surface area contributed by atoms with Gasteiger partial charge in [-0.25, -0.2) is 0 Å². The molecule has 0 bridgehead atoms. The van der Waals surface area contributed by atoms with Crippen LogP contribution in [0.1, 0.15) is 27.0 Å². The highest BCUT2D eigenvalue weighted by Crippen LogP contribution is 2.15. The topological polar surface area (TPSA) is 64.3 Å². The van der Waals surface area contributed by atoms with Crippen molar-refractivity contribution in [3.05, 3.63) is 64.7 Å². The molecule has 2 rings (SSSR count). The summed E-state index contributed by atoms with van der Waals surface area (Å²) in [7, 11) is 0. The second-order valence-electron chi connectivity index (χ2n) is 5.33. The Hall–Kier alpha value is -2.33. The van der Waals surface area contributed by atoms with E-state index in [-0.39, 0.29) is 5.91 Å². The third kappa shape index (κ3) is 4.60. The number of nitrogens with one attached hydrogen (secondary N) is 1. The average molecular weight is 298 g/mol. The highest BCUT2D eigenvalue weighted by molar-refractivity contribution is 5.94. The fraction of sp³-hybridized carbons (Fsp3) is 0.278. The van der Waals surface area contributed by atoms with Gasteiger partial charge in [-0.1, -0.05) is 18.2 Å². The van der Waals surface area contributed by atoms with E-state index < -0.39 is 0 Å². The molecule has 0 unspecified atom stereocenters. The Bertz CT molecular complexity index is 616. The van der Waals surface area contributed by atoms with Crippen molar-refractivity contribution in [3.63, 3.8) is 0 Å². The summed E-state index contributed by atoms with van der Waals surface area (Å²) in [5.41, 5.74) is 9.50. The zero-order valence-electron chi connectivity index (χ0n) is 13.1. The molecule has 0 aliphatic carbocycles. The summed E-state index contributed by atoms with van der Waals surface area (Å²) in [5, 5.41) is 2.84. The van der Waals surface area contributed by atoms with E-state index in [0.717, 1.165) is 11.3 Å². The second kappa shape index (κ2) is 7.61. The van der Waals surface area contributed by atoms with Crippen LogP contribution in [0.25, 0.3) is 0 Å². The number of benzene rings is 2. The monoisotopic (exact) mass is 298 g/mol. The van der Waals surface area contributed by atoms with Crippen LogP contribution in [0.5, 0.6) is 5.75 Å². The normalized spacial score (nSPS) is 10.3. The number of aryl methyl sites for hydroxylation is 2. The lowest BCUT2D eigenvalue weighted by atomic mass is 10.1. The fourth-order valence-electron chi connectivity index (χ4n) is 2.24. The number of carbonyl (C=O) groups excluding carboxylic acids is 1. The Balaban J connectivity index is 1.79. The highest BCUT2D eigenvalue weighted by atomic mass is 16.5. The summed E-state index contributed by atoms with van der Waals surface area (Å²) in [4.78, 5) is 12.0. The van der Waals surface area contributed by atoms with E-state index in [1.165, 1.54) is 11.1 Å². The zero-order valence-corrected chi connectivity index (χ0v) is 13.1. The van der Waals surface area contributed by atoms with Crippen molar-refractivity contribution in [2.75, 3.05) is 13.2 Å². The average Bonchev–Trinajstić information content (AvgIpc) is 2.50. The molecule has 0 atom stereocenters. The molecule has 116 valence electrons. The Kier molecular flexibility index (Phi) is 5.55. The predicted octanol–water partition coefficient (Wildman–Crippen LogP) is 2.57. The van der Waals surface area contributed by atoms with Crippen LogP contribution in [0.3, 0.4) is 0 Å². The van der Waals surface area contributed by atoms with Crippen LogP contribution in [0.15, 0.2) is 42.5 Å². The van der Waals surface area contributed by atoms with Crippen molar-refractivity contribution in [1.29, 1.82) is 0 Å². The van der Waals surface area contributed by atoms with E-state index in [0.29, 0.717) is 25.3 Å². The van der Waals surface area contributed by atoms with Crippen LogP contribution in [0, 0.1) is 13.8 Å². The van der Waals surface area contributed by atoms with Crippen molar-refractivity contribution in [1.82, 2.24) is 5.32 Å². The molecule has 0 aromatic heterocycles. The molecule has 4 heteroatoms. The van der Waals surface area contributed by atoms with Gasteiger partial charge in [-0.3, -0.25) is 4.79 Å². The van der Waals surface area contributed by atoms with Crippen molar-refractivity contribution in [3.8, 4) is 5.75 Å². The van der Waals surface area contributed by atoms with Crippen molar-refractivity contribution < 1.29 is 9.53 Å². The molecule has 3 N–H and O–H groups in total. The minimum absolute atomic E-state index is 0.104. The van der Waals surface area contributed by atoms with Gasteiger partial charge in [0.05, 0.1) is 6.54 Å². The smallest absolute Gasteiger partial charge is 0.251 e. The maximum atomic E-state index is 12.0. The summed E-state index contributed by atoms with van der Waals surface area (Å²) in [6, 6.07) is 13.4. The van der Waals surface area contributed by atoms with Gasteiger partial charge >= 0.3 is 0 Å². The molecule has 0 heterocycles. The second-order valence-corrected chi connectivity index (χ2v) is 5.33. The maximum Gasteiger partial charge on any atom is 0.251 e. The predicted molar refractivity (Wildman–Crippen MR) is 88.1 cm³/mol. The van der Waals surface area contributed by atoms with Crippen molar-refractivity contribution in [2.24, 2.45) is 5.73 Å². The van der Waals surface area contributed by atoms with Gasteiger partial charge in [0.15, 0.2) is 0 Å². The molecule has 0 saturated heterocycles. The zero-order chi connectivity index (χ0) is 15.9. The molecule has 0 aliphatic rings. The molecule has 1 amide bonds. The number of rotatable bonds is 6. The third-order valence-electron chi connectivity index (χ3n) is 3.30. The Morgan fingerprint density at radius 1 is 1.09 bits per heavy atom. The van der Waals surface area contributed by atoms with Gasteiger partial charge in [0, 0.05) is 12.1 Å². The van der Waals surface area contributed by atoms with Crippen LogP contribution in [0.4, 0.5) is 0 Å². The molecule has 2 aromatic carbocycles. The van der Waals surface area contributed by atoms with Crippen LogP contribution in [-0.2, 0) is 6.54 Å². The van der Waals surface area contributed by atoms with Crippen molar-refractivity contribution >= 4 is 5.91 Å². The highest BCUT2D eigenvalue weighted by Gasteiger charge is 2.04. The first-order chi connectivity index (χ1) is 10.6. The van der Waals surface area contributed by atoms with E-state index in [1.54, 1.807) is 12.1 Å². The molecule has 22 heavy (non-hydrogen) atoms. The van der Waals surface area contributed by atoms with Gasteiger partial charge in [0.2, 0.25) is 0 Å².